The van der Waals surface area contributed by atoms with E-state index in [2.05, 4.69) is 9.97 Å². The van der Waals surface area contributed by atoms with Crippen LogP contribution in [0.3, 0.4) is 0 Å². The smallest absolute Gasteiger partial charge is 0.326 e. The molecule has 2 rings (SSSR count). The van der Waals surface area contributed by atoms with E-state index in [0.29, 0.717) is 12.2 Å². The lowest BCUT2D eigenvalue weighted by Crippen LogP contribution is -2.00. The van der Waals surface area contributed by atoms with Crippen LogP contribution >= 0.6 is 0 Å². The largest absolute Gasteiger partial charge is 0.493 e. The minimum Gasteiger partial charge on any atom is -0.493 e. The van der Waals surface area contributed by atoms with E-state index in [9.17, 15) is 9.90 Å². The Bertz CT molecular complexity index is 510. The van der Waals surface area contributed by atoms with Gasteiger partial charge in [0, 0.05) is 12.1 Å². The fraction of sp³-hybridized carbons (Fsp3) is 0.100. The molecule has 15 heavy (non-hydrogen) atoms. The molecule has 0 saturated carbocycles. The highest BCUT2D eigenvalue weighted by Crippen LogP contribution is 2.23. The number of hydrogen-bond acceptors (Lipinski definition) is 3. The van der Waals surface area contributed by atoms with E-state index in [1.54, 1.807) is 12.1 Å². The maximum Gasteiger partial charge on any atom is 0.326 e. The number of aromatic amines is 2. The Hall–Kier alpha value is -2.01. The van der Waals surface area contributed by atoms with Crippen LogP contribution in [0.4, 0.5) is 0 Å². The molecule has 0 unspecified atom stereocenters. The minimum absolute atomic E-state index is 0.152. The summed E-state index contributed by atoms with van der Waals surface area (Å²) in [5.74, 6) is -0.152. The lowest BCUT2D eigenvalue weighted by Gasteiger charge is -2.00. The fourth-order valence-electron chi connectivity index (χ4n) is 1.39. The molecule has 78 valence electrons. The highest BCUT2D eigenvalue weighted by atomic mass is 16.3. The minimum atomic E-state index is -0.426. The van der Waals surface area contributed by atoms with Crippen LogP contribution in [-0.4, -0.2) is 15.1 Å². The fourth-order valence-corrected chi connectivity index (χ4v) is 1.39. The van der Waals surface area contributed by atoms with Crippen molar-refractivity contribution < 1.29 is 5.11 Å². The highest BCUT2D eigenvalue weighted by Gasteiger charge is 2.07. The number of imidazole rings is 1. The van der Waals surface area contributed by atoms with Crippen LogP contribution in [0, 0.1) is 0 Å². The molecule has 0 fully saturated rings. The molecule has 0 saturated heterocycles. The molecule has 0 spiro atoms. The third-order valence-electron chi connectivity index (χ3n) is 2.19. The Morgan fingerprint density at radius 3 is 2.33 bits per heavy atom. The molecule has 5 N–H and O–H groups in total. The van der Waals surface area contributed by atoms with Gasteiger partial charge in [0.2, 0.25) is 5.88 Å². The van der Waals surface area contributed by atoms with Crippen LogP contribution in [-0.2, 0) is 6.54 Å². The van der Waals surface area contributed by atoms with Crippen molar-refractivity contribution in [3.63, 3.8) is 0 Å². The molecule has 2 aromatic rings. The molecule has 5 nitrogen and oxygen atoms in total. The van der Waals surface area contributed by atoms with Crippen LogP contribution in [0.2, 0.25) is 0 Å². The predicted molar refractivity (Wildman–Crippen MR) is 56.4 cm³/mol. The third-order valence-corrected chi connectivity index (χ3v) is 2.19. The number of rotatable bonds is 2. The molecule has 0 radical (unpaired) electrons. The average Bonchev–Trinajstić information content (AvgIpc) is 2.58. The Morgan fingerprint density at radius 1 is 1.20 bits per heavy atom. The van der Waals surface area contributed by atoms with Gasteiger partial charge in [-0.3, -0.25) is 4.98 Å². The summed E-state index contributed by atoms with van der Waals surface area (Å²) in [5.41, 5.74) is 7.16. The van der Waals surface area contributed by atoms with Gasteiger partial charge in [0.15, 0.2) is 0 Å². The lowest BCUT2D eigenvalue weighted by molar-refractivity contribution is 0.457. The van der Waals surface area contributed by atoms with Gasteiger partial charge < -0.3 is 15.8 Å². The zero-order valence-corrected chi connectivity index (χ0v) is 7.95. The summed E-state index contributed by atoms with van der Waals surface area (Å²) >= 11 is 0. The van der Waals surface area contributed by atoms with Crippen LogP contribution < -0.4 is 11.4 Å². The molecule has 5 heteroatoms. The second-order valence-corrected chi connectivity index (χ2v) is 3.20. The number of aromatic nitrogens is 2. The standard InChI is InChI=1S/C10H11N3O2/c11-5-6-1-3-7(4-2-6)8-9(14)13-10(15)12-8/h1-4,14H,5,11H2,(H2,12,13,15). The highest BCUT2D eigenvalue weighted by molar-refractivity contribution is 5.64. The molecule has 0 amide bonds. The van der Waals surface area contributed by atoms with Gasteiger partial charge in [-0.1, -0.05) is 24.3 Å². The van der Waals surface area contributed by atoms with Gasteiger partial charge in [0.25, 0.3) is 0 Å². The average molecular weight is 205 g/mol. The monoisotopic (exact) mass is 205 g/mol. The third kappa shape index (κ3) is 1.77. The zero-order valence-electron chi connectivity index (χ0n) is 7.95. The van der Waals surface area contributed by atoms with E-state index in [1.807, 2.05) is 12.1 Å². The number of benzene rings is 1. The van der Waals surface area contributed by atoms with Crippen LogP contribution in [0.15, 0.2) is 29.1 Å². The number of nitrogens with two attached hydrogens (primary N) is 1. The summed E-state index contributed by atoms with van der Waals surface area (Å²) in [6.07, 6.45) is 0. The Kier molecular flexibility index (Phi) is 2.31. The summed E-state index contributed by atoms with van der Waals surface area (Å²) < 4.78 is 0. The summed E-state index contributed by atoms with van der Waals surface area (Å²) in [4.78, 5) is 15.7. The molecule has 1 aromatic carbocycles. The van der Waals surface area contributed by atoms with Gasteiger partial charge >= 0.3 is 5.69 Å². The van der Waals surface area contributed by atoms with E-state index in [-0.39, 0.29) is 5.88 Å². The molecular weight excluding hydrogens is 194 g/mol. The molecule has 0 aliphatic heterocycles. The normalized spacial score (nSPS) is 10.5. The Morgan fingerprint density at radius 2 is 1.87 bits per heavy atom. The van der Waals surface area contributed by atoms with Crippen LogP contribution in [0.1, 0.15) is 5.56 Å². The Labute approximate surface area is 85.6 Å². The first-order valence-electron chi connectivity index (χ1n) is 4.51. The van der Waals surface area contributed by atoms with Gasteiger partial charge in [0.05, 0.1) is 0 Å². The predicted octanol–water partition coefficient (Wildman–Crippen LogP) is 0.534. The van der Waals surface area contributed by atoms with E-state index in [1.165, 1.54) is 0 Å². The number of H-pyrrole nitrogens is 2. The van der Waals surface area contributed by atoms with Gasteiger partial charge in [-0.05, 0) is 5.56 Å². The second kappa shape index (κ2) is 3.62. The molecular formula is C10H11N3O2. The molecule has 0 aliphatic rings. The van der Waals surface area contributed by atoms with Crippen molar-refractivity contribution in [3.8, 4) is 17.1 Å². The first-order valence-corrected chi connectivity index (χ1v) is 4.51. The lowest BCUT2D eigenvalue weighted by atomic mass is 10.1. The summed E-state index contributed by atoms with van der Waals surface area (Å²) in [6.45, 7) is 0.468. The molecule has 1 aromatic heterocycles. The van der Waals surface area contributed by atoms with Crippen molar-refractivity contribution in [2.24, 2.45) is 5.73 Å². The van der Waals surface area contributed by atoms with E-state index in [0.717, 1.165) is 11.1 Å². The summed E-state index contributed by atoms with van der Waals surface area (Å²) in [7, 11) is 0. The number of aromatic hydroxyl groups is 1. The van der Waals surface area contributed by atoms with Crippen molar-refractivity contribution in [1.29, 1.82) is 0 Å². The maximum atomic E-state index is 10.9. The van der Waals surface area contributed by atoms with E-state index >= 15 is 0 Å². The zero-order chi connectivity index (χ0) is 10.8. The van der Waals surface area contributed by atoms with Crippen LogP contribution in [0.25, 0.3) is 11.3 Å². The van der Waals surface area contributed by atoms with Gasteiger partial charge in [-0.2, -0.15) is 0 Å². The van der Waals surface area contributed by atoms with Crippen LogP contribution in [0.5, 0.6) is 5.88 Å². The summed E-state index contributed by atoms with van der Waals surface area (Å²) in [5, 5.41) is 9.40. The Balaban J connectivity index is 2.45. The van der Waals surface area contributed by atoms with Gasteiger partial charge in [-0.15, -0.1) is 0 Å². The molecule has 1 heterocycles. The second-order valence-electron chi connectivity index (χ2n) is 3.20. The number of hydrogen-bond donors (Lipinski definition) is 4. The van der Waals surface area contributed by atoms with Crippen molar-refractivity contribution in [1.82, 2.24) is 9.97 Å². The maximum absolute atomic E-state index is 10.9. The first kappa shape index (κ1) is 9.54. The van der Waals surface area contributed by atoms with Crippen molar-refractivity contribution in [3.05, 3.63) is 40.3 Å². The number of nitrogens with one attached hydrogen (secondary N) is 2. The van der Waals surface area contributed by atoms with Crippen molar-refractivity contribution >= 4 is 0 Å². The first-order chi connectivity index (χ1) is 7.20. The topological polar surface area (TPSA) is 94.9 Å². The van der Waals surface area contributed by atoms with Gasteiger partial charge in [-0.25, -0.2) is 4.79 Å². The quantitative estimate of drug-likeness (QED) is 0.576. The van der Waals surface area contributed by atoms with E-state index < -0.39 is 5.69 Å². The summed E-state index contributed by atoms with van der Waals surface area (Å²) in [6, 6.07) is 7.28. The van der Waals surface area contributed by atoms with E-state index in [4.69, 9.17) is 5.73 Å². The van der Waals surface area contributed by atoms with Gasteiger partial charge in [0.1, 0.15) is 5.69 Å². The van der Waals surface area contributed by atoms with Crippen molar-refractivity contribution in [2.75, 3.05) is 0 Å². The SMILES string of the molecule is NCc1ccc(-c2[nH]c(=O)[nH]c2O)cc1. The molecule has 0 atom stereocenters. The molecule has 0 bridgehead atoms. The molecule has 0 aliphatic carbocycles. The van der Waals surface area contributed by atoms with Crippen molar-refractivity contribution in [2.45, 2.75) is 6.54 Å².